The Balaban J connectivity index is 1.62. The normalized spacial score (nSPS) is 11.2. The quantitative estimate of drug-likeness (QED) is 0.664. The number of nitrogens with one attached hydrogen (secondary N) is 2. The average molecular weight is 371 g/mol. The molecule has 0 fully saturated rings. The number of aromatic nitrogens is 4. The monoisotopic (exact) mass is 371 g/mol. The maximum absolute atomic E-state index is 12.2. The number of nitrogens with zero attached hydrogens (tertiary/aromatic N) is 3. The summed E-state index contributed by atoms with van der Waals surface area (Å²) in [6, 6.07) is 7.32. The number of hydrogen-bond acceptors (Lipinski definition) is 6. The number of fused-ring (bicyclic) bond motifs is 1. The van der Waals surface area contributed by atoms with Gasteiger partial charge in [-0.1, -0.05) is 37.3 Å². The third-order valence-electron chi connectivity index (χ3n) is 4.28. The van der Waals surface area contributed by atoms with Crippen LogP contribution in [0, 0.1) is 0 Å². The van der Waals surface area contributed by atoms with Gasteiger partial charge in [0.1, 0.15) is 10.7 Å². The fraction of sp³-hybridized carbons (Fsp3) is 0.389. The highest BCUT2D eigenvalue weighted by Crippen LogP contribution is 2.28. The molecule has 0 aliphatic rings. The zero-order valence-electron chi connectivity index (χ0n) is 14.8. The Labute approximate surface area is 154 Å². The summed E-state index contributed by atoms with van der Waals surface area (Å²) in [5, 5.41) is 12.4. The fourth-order valence-corrected chi connectivity index (χ4v) is 3.76. The number of anilines is 1. The first kappa shape index (κ1) is 18.2. The van der Waals surface area contributed by atoms with Gasteiger partial charge in [0.2, 0.25) is 11.0 Å². The van der Waals surface area contributed by atoms with Gasteiger partial charge in [-0.3, -0.25) is 9.59 Å². The molecule has 26 heavy (non-hydrogen) atoms. The lowest BCUT2D eigenvalue weighted by molar-refractivity contribution is -0.116. The fourth-order valence-electron chi connectivity index (χ4n) is 2.74. The molecular weight excluding hydrogens is 350 g/mol. The number of H-pyrrole nitrogens is 1. The van der Waals surface area contributed by atoms with E-state index in [9.17, 15) is 9.59 Å². The van der Waals surface area contributed by atoms with E-state index in [1.807, 2.05) is 18.2 Å². The molecule has 0 saturated carbocycles. The molecule has 2 heterocycles. The minimum Gasteiger partial charge on any atom is -0.319 e. The third kappa shape index (κ3) is 4.13. The SMILES string of the molecule is CCC(CC)c1nnc(NC(=O)CCc2nc3ccccc3[nH]c2=O)s1. The van der Waals surface area contributed by atoms with Crippen LogP contribution < -0.4 is 10.9 Å². The number of benzene rings is 1. The standard InChI is InChI=1S/C18H21N5O2S/c1-3-11(4-2)17-22-23-18(26-17)21-15(24)10-9-14-16(25)20-13-8-6-5-7-12(13)19-14/h5-8,11H,3-4,9-10H2,1-2H3,(H,20,25)(H,21,23,24). The van der Waals surface area contributed by atoms with Crippen molar-refractivity contribution in [1.82, 2.24) is 20.2 Å². The van der Waals surface area contributed by atoms with Crippen LogP contribution in [-0.4, -0.2) is 26.1 Å². The van der Waals surface area contributed by atoms with Crippen molar-refractivity contribution in [2.24, 2.45) is 0 Å². The summed E-state index contributed by atoms with van der Waals surface area (Å²) < 4.78 is 0. The number of aryl methyl sites for hydroxylation is 1. The van der Waals surface area contributed by atoms with Gasteiger partial charge in [0, 0.05) is 18.8 Å². The number of aromatic amines is 1. The van der Waals surface area contributed by atoms with Crippen molar-refractivity contribution < 1.29 is 4.79 Å². The number of carbonyl (C=O) groups excluding carboxylic acids is 1. The van der Waals surface area contributed by atoms with E-state index < -0.39 is 0 Å². The number of carbonyl (C=O) groups is 1. The molecule has 8 heteroatoms. The molecule has 7 nitrogen and oxygen atoms in total. The van der Waals surface area contributed by atoms with Crippen LogP contribution >= 0.6 is 11.3 Å². The van der Waals surface area contributed by atoms with E-state index in [-0.39, 0.29) is 24.3 Å². The van der Waals surface area contributed by atoms with Crippen molar-refractivity contribution in [1.29, 1.82) is 0 Å². The second-order valence-corrected chi connectivity index (χ2v) is 7.05. The number of para-hydroxylation sites is 2. The highest BCUT2D eigenvalue weighted by Gasteiger charge is 2.15. The molecule has 0 aliphatic carbocycles. The number of hydrogen-bond donors (Lipinski definition) is 2. The molecule has 136 valence electrons. The number of amides is 1. The van der Waals surface area contributed by atoms with Crippen molar-refractivity contribution in [3.8, 4) is 0 Å². The molecule has 0 radical (unpaired) electrons. The van der Waals surface area contributed by atoms with Crippen LogP contribution in [0.25, 0.3) is 11.0 Å². The van der Waals surface area contributed by atoms with Crippen LogP contribution in [0.2, 0.25) is 0 Å². The molecule has 1 aromatic carbocycles. The summed E-state index contributed by atoms with van der Waals surface area (Å²) in [5.41, 5.74) is 1.49. The van der Waals surface area contributed by atoms with Crippen LogP contribution in [0.15, 0.2) is 29.1 Å². The Morgan fingerprint density at radius 1 is 1.23 bits per heavy atom. The maximum atomic E-state index is 12.2. The summed E-state index contributed by atoms with van der Waals surface area (Å²) in [4.78, 5) is 31.4. The molecular formula is C18H21N5O2S. The van der Waals surface area contributed by atoms with E-state index in [4.69, 9.17) is 0 Å². The Kier molecular flexibility index (Phi) is 5.72. The van der Waals surface area contributed by atoms with E-state index in [0.717, 1.165) is 17.8 Å². The average Bonchev–Trinajstić information content (AvgIpc) is 3.09. The van der Waals surface area contributed by atoms with Gasteiger partial charge in [0.15, 0.2) is 0 Å². The van der Waals surface area contributed by atoms with Gasteiger partial charge in [-0.15, -0.1) is 10.2 Å². The summed E-state index contributed by atoms with van der Waals surface area (Å²) >= 11 is 1.41. The van der Waals surface area contributed by atoms with E-state index in [1.54, 1.807) is 6.07 Å². The van der Waals surface area contributed by atoms with Crippen LogP contribution in [0.1, 0.15) is 49.7 Å². The highest BCUT2D eigenvalue weighted by atomic mass is 32.1. The second-order valence-electron chi connectivity index (χ2n) is 6.04. The Bertz CT molecular complexity index is 961. The lowest BCUT2D eigenvalue weighted by Crippen LogP contribution is -2.18. The van der Waals surface area contributed by atoms with Gasteiger partial charge >= 0.3 is 0 Å². The topological polar surface area (TPSA) is 101 Å². The molecule has 1 amide bonds. The molecule has 3 aromatic rings. The predicted molar refractivity (Wildman–Crippen MR) is 103 cm³/mol. The van der Waals surface area contributed by atoms with Crippen LogP contribution in [-0.2, 0) is 11.2 Å². The lowest BCUT2D eigenvalue weighted by atomic mass is 10.1. The summed E-state index contributed by atoms with van der Waals surface area (Å²) in [5.74, 6) is 0.171. The summed E-state index contributed by atoms with van der Waals surface area (Å²) in [7, 11) is 0. The van der Waals surface area contributed by atoms with Gasteiger partial charge in [-0.05, 0) is 25.0 Å². The van der Waals surface area contributed by atoms with Gasteiger partial charge in [-0.25, -0.2) is 4.98 Å². The largest absolute Gasteiger partial charge is 0.319 e. The molecule has 0 aliphatic heterocycles. The van der Waals surface area contributed by atoms with Crippen LogP contribution in [0.4, 0.5) is 5.13 Å². The zero-order chi connectivity index (χ0) is 18.5. The van der Waals surface area contributed by atoms with Crippen LogP contribution in [0.3, 0.4) is 0 Å². The molecule has 0 spiro atoms. The van der Waals surface area contributed by atoms with Gasteiger partial charge in [0.25, 0.3) is 5.56 Å². The molecule has 3 rings (SSSR count). The highest BCUT2D eigenvalue weighted by molar-refractivity contribution is 7.15. The van der Waals surface area contributed by atoms with E-state index in [1.165, 1.54) is 11.3 Å². The maximum Gasteiger partial charge on any atom is 0.270 e. The van der Waals surface area contributed by atoms with Crippen molar-refractivity contribution in [3.05, 3.63) is 45.3 Å². The first-order valence-corrected chi connectivity index (χ1v) is 9.53. The summed E-state index contributed by atoms with van der Waals surface area (Å²) in [6.45, 7) is 4.23. The predicted octanol–water partition coefficient (Wildman–Crippen LogP) is 3.25. The molecule has 2 N–H and O–H groups in total. The van der Waals surface area contributed by atoms with Crippen molar-refractivity contribution in [2.45, 2.75) is 45.4 Å². The summed E-state index contributed by atoms with van der Waals surface area (Å²) in [6.07, 6.45) is 2.42. The lowest BCUT2D eigenvalue weighted by Gasteiger charge is -2.05. The van der Waals surface area contributed by atoms with Gasteiger partial charge < -0.3 is 10.3 Å². The first-order valence-electron chi connectivity index (χ1n) is 8.71. The van der Waals surface area contributed by atoms with Crippen molar-refractivity contribution in [2.75, 3.05) is 5.32 Å². The zero-order valence-corrected chi connectivity index (χ0v) is 15.6. The molecule has 0 atom stereocenters. The van der Waals surface area contributed by atoms with Crippen molar-refractivity contribution >= 4 is 33.4 Å². The molecule has 0 bridgehead atoms. The van der Waals surface area contributed by atoms with E-state index >= 15 is 0 Å². The van der Waals surface area contributed by atoms with Gasteiger partial charge in [-0.2, -0.15) is 0 Å². The van der Waals surface area contributed by atoms with Crippen molar-refractivity contribution in [3.63, 3.8) is 0 Å². The minimum absolute atomic E-state index is 0.161. The van der Waals surface area contributed by atoms with E-state index in [2.05, 4.69) is 39.3 Å². The van der Waals surface area contributed by atoms with Crippen LogP contribution in [0.5, 0.6) is 0 Å². The van der Waals surface area contributed by atoms with E-state index in [0.29, 0.717) is 27.8 Å². The molecule has 2 aromatic heterocycles. The molecule has 0 saturated heterocycles. The smallest absolute Gasteiger partial charge is 0.270 e. The number of rotatable bonds is 7. The van der Waals surface area contributed by atoms with Gasteiger partial charge in [0.05, 0.1) is 11.0 Å². The molecule has 0 unspecified atom stereocenters. The Morgan fingerprint density at radius 3 is 2.77 bits per heavy atom. The third-order valence-corrected chi connectivity index (χ3v) is 5.28. The minimum atomic E-state index is -0.261. The Morgan fingerprint density at radius 2 is 2.00 bits per heavy atom. The Hall–Kier alpha value is -2.61. The first-order chi connectivity index (χ1) is 12.6. The second kappa shape index (κ2) is 8.18.